The Balaban J connectivity index is 2.34. The Morgan fingerprint density at radius 3 is 2.50 bits per heavy atom. The van der Waals surface area contributed by atoms with E-state index < -0.39 is 12.1 Å². The van der Waals surface area contributed by atoms with Crippen LogP contribution in [0.5, 0.6) is 0 Å². The lowest BCUT2D eigenvalue weighted by molar-refractivity contribution is -0.146. The van der Waals surface area contributed by atoms with Crippen LogP contribution < -0.4 is 0 Å². The highest BCUT2D eigenvalue weighted by Crippen LogP contribution is 2.04. The largest absolute Gasteiger partial charge is 0.462 e. The Hall–Kier alpha value is -1.84. The first kappa shape index (κ1) is 14.2. The fraction of sp³-hybridized carbons (Fsp3) is 0.429. The summed E-state index contributed by atoms with van der Waals surface area (Å²) < 4.78 is 10.1. The van der Waals surface area contributed by atoms with E-state index in [9.17, 15) is 9.59 Å². The Morgan fingerprint density at radius 1 is 1.22 bits per heavy atom. The van der Waals surface area contributed by atoms with E-state index in [0.717, 1.165) is 6.42 Å². The van der Waals surface area contributed by atoms with Crippen LogP contribution in [0.4, 0.5) is 0 Å². The maximum atomic E-state index is 11.7. The van der Waals surface area contributed by atoms with Crippen LogP contribution in [0.3, 0.4) is 0 Å². The summed E-state index contributed by atoms with van der Waals surface area (Å²) in [7, 11) is 0. The van der Waals surface area contributed by atoms with Gasteiger partial charge in [0, 0.05) is 6.42 Å². The molecule has 0 radical (unpaired) electrons. The summed E-state index contributed by atoms with van der Waals surface area (Å²) in [5.41, 5.74) is 0.490. The van der Waals surface area contributed by atoms with Gasteiger partial charge in [0.15, 0.2) is 0 Å². The maximum Gasteiger partial charge on any atom is 0.338 e. The number of hydrogen-bond acceptors (Lipinski definition) is 4. The summed E-state index contributed by atoms with van der Waals surface area (Å²) in [4.78, 5) is 22.8. The Labute approximate surface area is 107 Å². The molecule has 18 heavy (non-hydrogen) atoms. The highest BCUT2D eigenvalue weighted by molar-refractivity contribution is 5.89. The molecule has 1 unspecified atom stereocenters. The second-order valence-corrected chi connectivity index (χ2v) is 4.01. The molecule has 0 N–H and O–H groups in total. The highest BCUT2D eigenvalue weighted by atomic mass is 16.6. The minimum Gasteiger partial charge on any atom is -0.462 e. The number of ether oxygens (including phenoxy) is 2. The van der Waals surface area contributed by atoms with Crippen molar-refractivity contribution in [2.24, 2.45) is 0 Å². The van der Waals surface area contributed by atoms with Gasteiger partial charge < -0.3 is 9.47 Å². The van der Waals surface area contributed by atoms with Gasteiger partial charge >= 0.3 is 11.9 Å². The van der Waals surface area contributed by atoms with Crippen LogP contribution in [0.25, 0.3) is 0 Å². The summed E-state index contributed by atoms with van der Waals surface area (Å²) in [6, 6.07) is 8.72. The van der Waals surface area contributed by atoms with Gasteiger partial charge in [-0.05, 0) is 25.5 Å². The van der Waals surface area contributed by atoms with E-state index in [0.29, 0.717) is 12.0 Å². The van der Waals surface area contributed by atoms with Gasteiger partial charge in [0.1, 0.15) is 12.7 Å². The summed E-state index contributed by atoms with van der Waals surface area (Å²) in [5, 5.41) is 0. The van der Waals surface area contributed by atoms with Crippen LogP contribution in [0.1, 0.15) is 37.0 Å². The highest BCUT2D eigenvalue weighted by Gasteiger charge is 2.13. The number of rotatable bonds is 6. The first-order valence-electron chi connectivity index (χ1n) is 6.05. The predicted octanol–water partition coefficient (Wildman–Crippen LogP) is 2.58. The van der Waals surface area contributed by atoms with Gasteiger partial charge in [0.05, 0.1) is 5.56 Å². The third-order valence-electron chi connectivity index (χ3n) is 2.25. The number of carbonyl (C=O) groups excluding carboxylic acids is 2. The molecule has 0 aliphatic carbocycles. The summed E-state index contributed by atoms with van der Waals surface area (Å²) in [5.74, 6) is -0.672. The zero-order valence-corrected chi connectivity index (χ0v) is 10.7. The maximum absolute atomic E-state index is 11.7. The molecular weight excluding hydrogens is 232 g/mol. The van der Waals surface area contributed by atoms with Gasteiger partial charge in [0.2, 0.25) is 0 Å². The zero-order valence-electron chi connectivity index (χ0n) is 10.7. The molecule has 0 heterocycles. The molecule has 0 aromatic heterocycles. The van der Waals surface area contributed by atoms with Gasteiger partial charge in [-0.2, -0.15) is 0 Å². The van der Waals surface area contributed by atoms with Gasteiger partial charge in [0.25, 0.3) is 0 Å². The van der Waals surface area contributed by atoms with Crippen LogP contribution in [0.2, 0.25) is 0 Å². The lowest BCUT2D eigenvalue weighted by atomic mass is 10.2. The van der Waals surface area contributed by atoms with E-state index in [4.69, 9.17) is 9.47 Å². The minimum absolute atomic E-state index is 0.0946. The van der Waals surface area contributed by atoms with Crippen LogP contribution in [0, 0.1) is 0 Å². The first-order chi connectivity index (χ1) is 8.63. The van der Waals surface area contributed by atoms with Crippen molar-refractivity contribution in [1.82, 2.24) is 0 Å². The Morgan fingerprint density at radius 2 is 1.89 bits per heavy atom. The fourth-order valence-corrected chi connectivity index (χ4v) is 1.35. The van der Waals surface area contributed by atoms with E-state index in [1.807, 2.05) is 13.0 Å². The van der Waals surface area contributed by atoms with E-state index in [-0.39, 0.29) is 12.6 Å². The van der Waals surface area contributed by atoms with E-state index in [1.54, 1.807) is 31.2 Å². The van der Waals surface area contributed by atoms with Gasteiger partial charge in [-0.15, -0.1) is 0 Å². The molecule has 0 aliphatic heterocycles. The van der Waals surface area contributed by atoms with Crippen LogP contribution in [0.15, 0.2) is 30.3 Å². The average molecular weight is 250 g/mol. The van der Waals surface area contributed by atoms with E-state index in [1.165, 1.54) is 0 Å². The van der Waals surface area contributed by atoms with Crippen LogP contribution >= 0.6 is 0 Å². The molecular formula is C14H18O4. The quantitative estimate of drug-likeness (QED) is 0.728. The lowest BCUT2D eigenvalue weighted by Gasteiger charge is -2.13. The van der Waals surface area contributed by atoms with Crippen LogP contribution in [-0.4, -0.2) is 24.6 Å². The molecule has 0 amide bonds. The van der Waals surface area contributed by atoms with Gasteiger partial charge in [-0.3, -0.25) is 4.79 Å². The van der Waals surface area contributed by atoms with Gasteiger partial charge in [-0.25, -0.2) is 4.79 Å². The molecule has 4 nitrogen and oxygen atoms in total. The average Bonchev–Trinajstić information content (AvgIpc) is 2.38. The normalized spacial score (nSPS) is 11.7. The fourth-order valence-electron chi connectivity index (χ4n) is 1.35. The van der Waals surface area contributed by atoms with Crippen molar-refractivity contribution in [2.75, 3.05) is 6.61 Å². The van der Waals surface area contributed by atoms with Crippen molar-refractivity contribution in [3.63, 3.8) is 0 Å². The van der Waals surface area contributed by atoms with E-state index in [2.05, 4.69) is 0 Å². The third-order valence-corrected chi connectivity index (χ3v) is 2.25. The second kappa shape index (κ2) is 7.48. The van der Waals surface area contributed by atoms with Crippen molar-refractivity contribution in [1.29, 1.82) is 0 Å². The number of hydrogen-bond donors (Lipinski definition) is 0. The number of carbonyl (C=O) groups is 2. The van der Waals surface area contributed by atoms with Gasteiger partial charge in [-0.1, -0.05) is 25.1 Å². The monoisotopic (exact) mass is 250 g/mol. The molecule has 0 saturated heterocycles. The van der Waals surface area contributed by atoms with Crippen molar-refractivity contribution in [3.05, 3.63) is 35.9 Å². The molecule has 4 heteroatoms. The lowest BCUT2D eigenvalue weighted by Crippen LogP contribution is -2.22. The molecule has 1 rings (SSSR count). The standard InChI is InChI=1S/C14H18O4/c1-3-7-13(15)17-10-11(2)18-14(16)12-8-5-4-6-9-12/h4-6,8-9,11H,3,7,10H2,1-2H3. The van der Waals surface area contributed by atoms with Crippen molar-refractivity contribution < 1.29 is 19.1 Å². The number of benzene rings is 1. The predicted molar refractivity (Wildman–Crippen MR) is 67.2 cm³/mol. The molecule has 0 fully saturated rings. The molecule has 0 bridgehead atoms. The Bertz CT molecular complexity index is 386. The molecule has 98 valence electrons. The first-order valence-corrected chi connectivity index (χ1v) is 6.05. The van der Waals surface area contributed by atoms with E-state index >= 15 is 0 Å². The summed E-state index contributed by atoms with van der Waals surface area (Å²) in [6.07, 6.45) is 0.689. The molecule has 0 spiro atoms. The Kier molecular flexibility index (Phi) is 5.91. The second-order valence-electron chi connectivity index (χ2n) is 4.01. The SMILES string of the molecule is CCCC(=O)OCC(C)OC(=O)c1ccccc1. The van der Waals surface area contributed by atoms with Crippen LogP contribution in [-0.2, 0) is 14.3 Å². The van der Waals surface area contributed by atoms with Crippen molar-refractivity contribution in [2.45, 2.75) is 32.8 Å². The topological polar surface area (TPSA) is 52.6 Å². The third kappa shape index (κ3) is 4.99. The molecule has 1 aromatic rings. The molecule has 1 atom stereocenters. The van der Waals surface area contributed by atoms with Crippen molar-refractivity contribution in [3.8, 4) is 0 Å². The molecule has 1 aromatic carbocycles. The van der Waals surface area contributed by atoms with Crippen molar-refractivity contribution >= 4 is 11.9 Å². The molecule has 0 aliphatic rings. The number of esters is 2. The summed E-state index contributed by atoms with van der Waals surface area (Å²) >= 11 is 0. The zero-order chi connectivity index (χ0) is 13.4. The smallest absolute Gasteiger partial charge is 0.338 e. The minimum atomic E-state index is -0.446. The molecule has 0 saturated carbocycles. The summed E-state index contributed by atoms with van der Waals surface area (Å²) in [6.45, 7) is 3.69.